The maximum atomic E-state index is 13.9. The Hall–Kier alpha value is -4.59. The van der Waals surface area contributed by atoms with Gasteiger partial charge in [0.25, 0.3) is 5.56 Å². The fourth-order valence-electron chi connectivity index (χ4n) is 4.46. The van der Waals surface area contributed by atoms with Crippen molar-refractivity contribution < 1.29 is 13.5 Å². The van der Waals surface area contributed by atoms with E-state index in [0.29, 0.717) is 40.3 Å². The predicted molar refractivity (Wildman–Crippen MR) is 127 cm³/mol. The minimum absolute atomic E-state index is 0.257. The molecule has 180 valence electrons. The third-order valence-electron chi connectivity index (χ3n) is 6.25. The summed E-state index contributed by atoms with van der Waals surface area (Å²) < 4.78 is 34.5. The molecule has 11 heteroatoms. The van der Waals surface area contributed by atoms with E-state index in [2.05, 4.69) is 26.0 Å². The average molecular weight is 487 g/mol. The number of alkyl halides is 2. The molecule has 0 N–H and O–H groups in total. The Balaban J connectivity index is 1.61. The predicted octanol–water partition coefficient (Wildman–Crippen LogP) is 4.02. The summed E-state index contributed by atoms with van der Waals surface area (Å²) >= 11 is 0. The molecule has 36 heavy (non-hydrogen) atoms. The first-order valence-electron chi connectivity index (χ1n) is 11.3. The summed E-state index contributed by atoms with van der Waals surface area (Å²) in [4.78, 5) is 17.9. The summed E-state index contributed by atoms with van der Waals surface area (Å²) in [5, 5.41) is 19.7. The third kappa shape index (κ3) is 3.76. The molecule has 0 radical (unpaired) electrons. The number of nitriles is 1. The minimum atomic E-state index is -3.01. The van der Waals surface area contributed by atoms with Crippen molar-refractivity contribution in [3.05, 3.63) is 64.8 Å². The second-order valence-corrected chi connectivity index (χ2v) is 8.85. The normalized spacial score (nSPS) is 13.5. The van der Waals surface area contributed by atoms with E-state index in [9.17, 15) is 18.8 Å². The average Bonchev–Trinajstić information content (AvgIpc) is 3.49. The van der Waals surface area contributed by atoms with Crippen LogP contribution in [-0.4, -0.2) is 35.7 Å². The van der Waals surface area contributed by atoms with Crippen LogP contribution in [0.4, 0.5) is 8.78 Å². The zero-order valence-electron chi connectivity index (χ0n) is 19.1. The number of aromatic nitrogens is 6. The number of fused-ring (bicyclic) bond motifs is 2. The first-order valence-corrected chi connectivity index (χ1v) is 11.3. The largest absolute Gasteiger partial charge is 0.417 e. The lowest BCUT2D eigenvalue weighted by atomic mass is 10.1. The van der Waals surface area contributed by atoms with Gasteiger partial charge in [0.1, 0.15) is 11.6 Å². The highest BCUT2D eigenvalue weighted by Gasteiger charge is 2.27. The molecule has 0 amide bonds. The Morgan fingerprint density at radius 3 is 2.72 bits per heavy atom. The summed E-state index contributed by atoms with van der Waals surface area (Å²) in [6.45, 7) is -2.36. The van der Waals surface area contributed by atoms with Crippen molar-refractivity contribution in [1.29, 1.82) is 5.26 Å². The van der Waals surface area contributed by atoms with Crippen LogP contribution in [0, 0.1) is 17.2 Å². The standard InChI is InChI=1S/C25H19F2N7O2/c1-32-12-16-8-18(5-6-19(16)30-32)34-24(35)21(15-4-7-20(29-10-15)36-25(26)27)23-22(31-34)17(9-28)13-33(23)11-14-2-3-14/h4-8,10,12-14,25H,2-3,11H2,1H3. The molecule has 4 aromatic heterocycles. The first-order chi connectivity index (χ1) is 17.4. The summed E-state index contributed by atoms with van der Waals surface area (Å²) in [6.07, 6.45) is 7.03. The van der Waals surface area contributed by atoms with E-state index in [-0.39, 0.29) is 11.4 Å². The second-order valence-electron chi connectivity index (χ2n) is 8.85. The van der Waals surface area contributed by atoms with Crippen molar-refractivity contribution in [2.75, 3.05) is 0 Å². The van der Waals surface area contributed by atoms with E-state index in [1.54, 1.807) is 29.1 Å². The number of pyridine rings is 1. The molecule has 1 saturated carbocycles. The smallest absolute Gasteiger partial charge is 0.388 e. The maximum Gasteiger partial charge on any atom is 0.388 e. The Morgan fingerprint density at radius 2 is 2.03 bits per heavy atom. The van der Waals surface area contributed by atoms with Crippen LogP contribution in [-0.2, 0) is 13.6 Å². The van der Waals surface area contributed by atoms with Crippen LogP contribution < -0.4 is 10.3 Å². The highest BCUT2D eigenvalue weighted by Crippen LogP contribution is 2.35. The topological polar surface area (TPSA) is 104 Å². The molecule has 0 bridgehead atoms. The molecule has 0 saturated heterocycles. The van der Waals surface area contributed by atoms with E-state index >= 15 is 0 Å². The van der Waals surface area contributed by atoms with Crippen LogP contribution >= 0.6 is 0 Å². The van der Waals surface area contributed by atoms with Crippen molar-refractivity contribution in [3.63, 3.8) is 0 Å². The number of benzene rings is 1. The number of nitrogens with zero attached hydrogens (tertiary/aromatic N) is 7. The van der Waals surface area contributed by atoms with E-state index in [1.165, 1.54) is 23.0 Å². The lowest BCUT2D eigenvalue weighted by molar-refractivity contribution is -0.0528. The van der Waals surface area contributed by atoms with E-state index in [1.807, 2.05) is 17.8 Å². The summed E-state index contributed by atoms with van der Waals surface area (Å²) in [6, 6.07) is 10.3. The van der Waals surface area contributed by atoms with Gasteiger partial charge in [0.05, 0.1) is 27.8 Å². The number of hydrogen-bond donors (Lipinski definition) is 0. The number of hydrogen-bond acceptors (Lipinski definition) is 6. The van der Waals surface area contributed by atoms with Crippen LogP contribution in [0.25, 0.3) is 38.8 Å². The SMILES string of the molecule is Cn1cc2cc(-n3nc4c(C#N)cn(CC5CC5)c4c(-c4ccc(OC(F)F)nc4)c3=O)ccc2n1. The van der Waals surface area contributed by atoms with Gasteiger partial charge < -0.3 is 9.30 Å². The highest BCUT2D eigenvalue weighted by atomic mass is 19.3. The van der Waals surface area contributed by atoms with E-state index in [0.717, 1.165) is 23.7 Å². The van der Waals surface area contributed by atoms with Gasteiger partial charge in [-0.25, -0.2) is 4.98 Å². The molecule has 0 aliphatic heterocycles. The van der Waals surface area contributed by atoms with E-state index < -0.39 is 12.2 Å². The highest BCUT2D eigenvalue weighted by molar-refractivity contribution is 5.95. The van der Waals surface area contributed by atoms with Gasteiger partial charge in [0.2, 0.25) is 5.88 Å². The molecule has 1 aliphatic rings. The molecule has 0 unspecified atom stereocenters. The van der Waals surface area contributed by atoms with Crippen LogP contribution in [0.2, 0.25) is 0 Å². The van der Waals surface area contributed by atoms with Crippen molar-refractivity contribution in [2.45, 2.75) is 26.0 Å². The zero-order valence-corrected chi connectivity index (χ0v) is 19.1. The van der Waals surface area contributed by atoms with Crippen molar-refractivity contribution in [3.8, 4) is 28.8 Å². The van der Waals surface area contributed by atoms with Gasteiger partial charge in [-0.2, -0.15) is 28.9 Å². The fraction of sp³-hybridized carbons (Fsp3) is 0.240. The van der Waals surface area contributed by atoms with Crippen molar-refractivity contribution in [1.82, 2.24) is 29.1 Å². The Labute approximate surface area is 202 Å². The summed E-state index contributed by atoms with van der Waals surface area (Å²) in [5.41, 5.74) is 2.78. The van der Waals surface area contributed by atoms with Gasteiger partial charge >= 0.3 is 6.61 Å². The lowest BCUT2D eigenvalue weighted by Gasteiger charge is -2.13. The summed E-state index contributed by atoms with van der Waals surface area (Å²) in [7, 11) is 1.81. The van der Waals surface area contributed by atoms with Crippen LogP contribution in [0.3, 0.4) is 0 Å². The summed E-state index contributed by atoms with van der Waals surface area (Å²) in [5.74, 6) is 0.211. The molecule has 6 rings (SSSR count). The zero-order chi connectivity index (χ0) is 25.0. The molecule has 4 heterocycles. The lowest BCUT2D eigenvalue weighted by Crippen LogP contribution is -2.24. The Bertz CT molecular complexity index is 1720. The third-order valence-corrected chi connectivity index (χ3v) is 6.25. The second kappa shape index (κ2) is 8.27. The molecule has 5 aromatic rings. The number of rotatable bonds is 6. The molecule has 0 atom stereocenters. The quantitative estimate of drug-likeness (QED) is 0.358. The Kier molecular flexibility index (Phi) is 5.03. The number of aryl methyl sites for hydroxylation is 1. The van der Waals surface area contributed by atoms with Crippen LogP contribution in [0.5, 0.6) is 5.88 Å². The number of halogens is 2. The molecule has 1 fully saturated rings. The van der Waals surface area contributed by atoms with Crippen molar-refractivity contribution in [2.24, 2.45) is 13.0 Å². The van der Waals surface area contributed by atoms with Gasteiger partial charge in [-0.1, -0.05) is 0 Å². The minimum Gasteiger partial charge on any atom is -0.417 e. The first kappa shape index (κ1) is 21.9. The molecular weight excluding hydrogens is 468 g/mol. The monoisotopic (exact) mass is 487 g/mol. The fourth-order valence-corrected chi connectivity index (χ4v) is 4.46. The molecule has 1 aromatic carbocycles. The van der Waals surface area contributed by atoms with Crippen molar-refractivity contribution >= 4 is 21.9 Å². The molecule has 0 spiro atoms. The van der Waals surface area contributed by atoms with Gasteiger partial charge in [-0.15, -0.1) is 0 Å². The molecule has 1 aliphatic carbocycles. The number of ether oxygens (including phenoxy) is 1. The van der Waals surface area contributed by atoms with Crippen LogP contribution in [0.1, 0.15) is 18.4 Å². The maximum absolute atomic E-state index is 13.9. The van der Waals surface area contributed by atoms with Crippen LogP contribution in [0.15, 0.2) is 53.7 Å². The van der Waals surface area contributed by atoms with E-state index in [4.69, 9.17) is 0 Å². The van der Waals surface area contributed by atoms with Gasteiger partial charge in [-0.3, -0.25) is 9.48 Å². The van der Waals surface area contributed by atoms with Gasteiger partial charge in [-0.05, 0) is 43.0 Å². The molecular formula is C25H19F2N7O2. The Morgan fingerprint density at radius 1 is 1.19 bits per heavy atom. The van der Waals surface area contributed by atoms with Gasteiger partial charge in [0, 0.05) is 49.2 Å². The molecule has 9 nitrogen and oxygen atoms in total. The van der Waals surface area contributed by atoms with Gasteiger partial charge in [0.15, 0.2) is 0 Å².